The van der Waals surface area contributed by atoms with Crippen LogP contribution < -0.4 is 5.32 Å². The Morgan fingerprint density at radius 2 is 1.47 bits per heavy atom. The number of hydrogen-bond donors (Lipinski definition) is 1. The number of likely N-dealkylation sites (tertiary alicyclic amines) is 2. The number of carbonyl (C=O) groups is 2. The predicted octanol–water partition coefficient (Wildman–Crippen LogP) is 4.39. The van der Waals surface area contributed by atoms with Gasteiger partial charge in [-0.1, -0.05) is 6.07 Å². The Morgan fingerprint density at radius 1 is 0.833 bits per heavy atom. The van der Waals surface area contributed by atoms with Gasteiger partial charge in [-0.05, 0) is 78.6 Å². The second kappa shape index (κ2) is 10.8. The van der Waals surface area contributed by atoms with Crippen molar-refractivity contribution >= 4 is 22.7 Å². The first kappa shape index (κ1) is 24.4. The normalized spacial score (nSPS) is 18.9. The Hall–Kier alpha value is -3.26. The SMILES string of the molecule is O=C(CC1NCc2ccc(F)cc21)N1CCCC1.O=C(Cn1ccc2ccc(F)cc21)N1CCCC1. The van der Waals surface area contributed by atoms with Crippen molar-refractivity contribution in [2.75, 3.05) is 26.2 Å². The van der Waals surface area contributed by atoms with E-state index in [1.165, 1.54) is 18.2 Å². The zero-order valence-electron chi connectivity index (χ0n) is 20.4. The quantitative estimate of drug-likeness (QED) is 0.586. The fourth-order valence-electron chi connectivity index (χ4n) is 5.35. The van der Waals surface area contributed by atoms with E-state index in [2.05, 4.69) is 5.32 Å². The standard InChI is InChI=1S/C14H15FN2O.C14H17FN2O/c15-12-4-3-11-5-8-17(13(11)9-12)10-14(18)16-6-1-2-7-16;15-11-4-3-10-9-16-13(12(10)7-11)8-14(18)17-5-1-2-6-17/h3-5,8-9H,1-2,6-7,10H2;3-4,7,13,16H,1-2,5-6,8-9H2. The van der Waals surface area contributed by atoms with Crippen molar-refractivity contribution in [2.24, 2.45) is 0 Å². The highest BCUT2D eigenvalue weighted by molar-refractivity contribution is 5.83. The number of nitrogens with zero attached hydrogens (tertiary/aromatic N) is 3. The molecule has 0 spiro atoms. The van der Waals surface area contributed by atoms with E-state index in [1.54, 1.807) is 18.2 Å². The maximum Gasteiger partial charge on any atom is 0.242 e. The lowest BCUT2D eigenvalue weighted by Gasteiger charge is -2.18. The Bertz CT molecular complexity index is 1250. The molecule has 3 aromatic rings. The van der Waals surface area contributed by atoms with Crippen molar-refractivity contribution in [1.29, 1.82) is 0 Å². The van der Waals surface area contributed by atoms with Gasteiger partial charge in [0.1, 0.15) is 18.2 Å². The minimum absolute atomic E-state index is 0.0243. The van der Waals surface area contributed by atoms with Crippen LogP contribution in [-0.2, 0) is 22.7 Å². The monoisotopic (exact) mass is 494 g/mol. The second-order valence-corrected chi connectivity index (χ2v) is 9.80. The van der Waals surface area contributed by atoms with Gasteiger partial charge in [0.05, 0.1) is 5.52 Å². The van der Waals surface area contributed by atoms with Crippen LogP contribution in [0.1, 0.15) is 49.3 Å². The molecule has 1 aromatic heterocycles. The summed E-state index contributed by atoms with van der Waals surface area (Å²) in [7, 11) is 0. The summed E-state index contributed by atoms with van der Waals surface area (Å²) >= 11 is 0. The largest absolute Gasteiger partial charge is 0.343 e. The van der Waals surface area contributed by atoms with Crippen molar-refractivity contribution in [2.45, 2.75) is 51.2 Å². The highest BCUT2D eigenvalue weighted by atomic mass is 19.1. The van der Waals surface area contributed by atoms with Gasteiger partial charge in [0, 0.05) is 51.4 Å². The molecule has 4 heterocycles. The van der Waals surface area contributed by atoms with Gasteiger partial charge < -0.3 is 19.7 Å². The van der Waals surface area contributed by atoms with Gasteiger partial charge >= 0.3 is 0 Å². The van der Waals surface area contributed by atoms with E-state index in [0.29, 0.717) is 13.0 Å². The second-order valence-electron chi connectivity index (χ2n) is 9.80. The third-order valence-electron chi connectivity index (χ3n) is 7.36. The minimum atomic E-state index is -0.268. The molecule has 3 aliphatic heterocycles. The number of aromatic nitrogens is 1. The Balaban J connectivity index is 0.000000148. The van der Waals surface area contributed by atoms with Crippen LogP contribution in [0, 0.1) is 11.6 Å². The van der Waals surface area contributed by atoms with Crippen LogP contribution in [0.2, 0.25) is 0 Å². The molecule has 0 bridgehead atoms. The van der Waals surface area contributed by atoms with Crippen LogP contribution >= 0.6 is 0 Å². The van der Waals surface area contributed by atoms with E-state index in [9.17, 15) is 18.4 Å². The van der Waals surface area contributed by atoms with Crippen molar-refractivity contribution in [3.63, 3.8) is 0 Å². The van der Waals surface area contributed by atoms with Gasteiger partial charge in [-0.3, -0.25) is 9.59 Å². The Labute approximate surface area is 209 Å². The molecule has 6 rings (SSSR count). The molecule has 36 heavy (non-hydrogen) atoms. The fraction of sp³-hybridized carbons (Fsp3) is 0.429. The average molecular weight is 495 g/mol. The molecular weight excluding hydrogens is 462 g/mol. The van der Waals surface area contributed by atoms with Crippen molar-refractivity contribution < 1.29 is 18.4 Å². The number of fused-ring (bicyclic) bond motifs is 2. The van der Waals surface area contributed by atoms with Gasteiger partial charge in [0.2, 0.25) is 11.8 Å². The highest BCUT2D eigenvalue weighted by Gasteiger charge is 2.27. The maximum absolute atomic E-state index is 13.3. The summed E-state index contributed by atoms with van der Waals surface area (Å²) in [6, 6.07) is 11.4. The molecular formula is C28H32F2N4O2. The Morgan fingerprint density at radius 3 is 2.19 bits per heavy atom. The fourth-order valence-corrected chi connectivity index (χ4v) is 5.35. The first-order valence-corrected chi connectivity index (χ1v) is 12.8. The summed E-state index contributed by atoms with van der Waals surface area (Å²) in [5.41, 5.74) is 2.83. The summed E-state index contributed by atoms with van der Waals surface area (Å²) in [6.07, 6.45) is 6.68. The van der Waals surface area contributed by atoms with Gasteiger partial charge in [0.15, 0.2) is 0 Å². The first-order valence-electron chi connectivity index (χ1n) is 12.8. The number of rotatable bonds is 4. The molecule has 0 aliphatic carbocycles. The highest BCUT2D eigenvalue weighted by Crippen LogP contribution is 2.29. The zero-order chi connectivity index (χ0) is 25.1. The summed E-state index contributed by atoms with van der Waals surface area (Å²) in [6.45, 7) is 4.49. The maximum atomic E-state index is 13.3. The molecule has 2 saturated heterocycles. The molecule has 1 N–H and O–H groups in total. The predicted molar refractivity (Wildman–Crippen MR) is 134 cm³/mol. The molecule has 2 aromatic carbocycles. The van der Waals surface area contributed by atoms with Crippen LogP contribution in [0.4, 0.5) is 8.78 Å². The van der Waals surface area contributed by atoms with Gasteiger partial charge in [-0.25, -0.2) is 8.78 Å². The van der Waals surface area contributed by atoms with E-state index in [1.807, 2.05) is 26.6 Å². The smallest absolute Gasteiger partial charge is 0.242 e. The molecule has 6 nitrogen and oxygen atoms in total. The molecule has 1 unspecified atom stereocenters. The molecule has 3 aliphatic rings. The number of benzene rings is 2. The van der Waals surface area contributed by atoms with Gasteiger partial charge in [0.25, 0.3) is 0 Å². The third-order valence-corrected chi connectivity index (χ3v) is 7.36. The summed E-state index contributed by atoms with van der Waals surface area (Å²) < 4.78 is 28.3. The lowest BCUT2D eigenvalue weighted by atomic mass is 10.0. The van der Waals surface area contributed by atoms with Crippen molar-refractivity contribution in [3.8, 4) is 0 Å². The number of hydrogen-bond acceptors (Lipinski definition) is 3. The summed E-state index contributed by atoms with van der Waals surface area (Å²) in [5.74, 6) is -0.191. The number of halogens is 2. The third kappa shape index (κ3) is 5.43. The molecule has 0 radical (unpaired) electrons. The van der Waals surface area contributed by atoms with Crippen LogP contribution in [-0.4, -0.2) is 52.4 Å². The van der Waals surface area contributed by atoms with E-state index in [4.69, 9.17) is 0 Å². The minimum Gasteiger partial charge on any atom is -0.343 e. The van der Waals surface area contributed by atoms with Crippen molar-refractivity contribution in [3.05, 3.63) is 71.4 Å². The lowest BCUT2D eigenvalue weighted by molar-refractivity contribution is -0.131. The van der Waals surface area contributed by atoms with Crippen LogP contribution in [0.15, 0.2) is 48.7 Å². The molecule has 8 heteroatoms. The topological polar surface area (TPSA) is 57.6 Å². The zero-order valence-corrected chi connectivity index (χ0v) is 20.4. The Kier molecular flexibility index (Phi) is 7.32. The van der Waals surface area contributed by atoms with E-state index in [0.717, 1.165) is 80.4 Å². The summed E-state index contributed by atoms with van der Waals surface area (Å²) in [5, 5.41) is 4.25. The van der Waals surface area contributed by atoms with Crippen LogP contribution in [0.5, 0.6) is 0 Å². The molecule has 2 fully saturated rings. The molecule has 2 amide bonds. The van der Waals surface area contributed by atoms with Gasteiger partial charge in [-0.2, -0.15) is 0 Å². The number of amides is 2. The van der Waals surface area contributed by atoms with Crippen LogP contribution in [0.25, 0.3) is 10.9 Å². The molecule has 190 valence electrons. The average Bonchev–Trinajstić information content (AvgIpc) is 3.68. The number of carbonyl (C=O) groups excluding carboxylic acids is 2. The van der Waals surface area contributed by atoms with E-state index in [-0.39, 0.29) is 29.5 Å². The number of nitrogens with one attached hydrogen (secondary N) is 1. The van der Waals surface area contributed by atoms with E-state index < -0.39 is 0 Å². The van der Waals surface area contributed by atoms with Crippen molar-refractivity contribution in [1.82, 2.24) is 19.7 Å². The first-order chi connectivity index (χ1) is 17.5. The summed E-state index contributed by atoms with van der Waals surface area (Å²) in [4.78, 5) is 27.9. The molecule has 0 saturated carbocycles. The van der Waals surface area contributed by atoms with Crippen LogP contribution in [0.3, 0.4) is 0 Å². The van der Waals surface area contributed by atoms with Gasteiger partial charge in [-0.15, -0.1) is 0 Å². The van der Waals surface area contributed by atoms with E-state index >= 15 is 0 Å². The lowest BCUT2D eigenvalue weighted by Crippen LogP contribution is -2.30. The molecule has 1 atom stereocenters.